The lowest BCUT2D eigenvalue weighted by Gasteiger charge is -2.31. The molecular weight excluding hydrogens is 367 g/mol. The van der Waals surface area contributed by atoms with E-state index in [9.17, 15) is 19.1 Å². The minimum atomic E-state index is -0.846. The van der Waals surface area contributed by atoms with Gasteiger partial charge in [0.2, 0.25) is 5.95 Å². The zero-order chi connectivity index (χ0) is 20.2. The van der Waals surface area contributed by atoms with E-state index in [1.54, 1.807) is 18.5 Å². The summed E-state index contributed by atoms with van der Waals surface area (Å²) in [5.41, 5.74) is 6.70. The second kappa shape index (κ2) is 6.41. The number of nitrogens with zero attached hydrogens (tertiary/aromatic N) is 4. The van der Waals surface area contributed by atoms with Gasteiger partial charge in [-0.15, -0.1) is 0 Å². The predicted octanol–water partition coefficient (Wildman–Crippen LogP) is 1.12. The van der Waals surface area contributed by atoms with Gasteiger partial charge >= 0.3 is 5.69 Å². The molecule has 2 aromatic heterocycles. The summed E-state index contributed by atoms with van der Waals surface area (Å²) in [6, 6.07) is 2.39. The van der Waals surface area contributed by atoms with Crippen molar-refractivity contribution in [1.82, 2.24) is 19.1 Å². The number of aromatic nitrogens is 4. The van der Waals surface area contributed by atoms with Crippen LogP contribution < -0.4 is 16.7 Å². The van der Waals surface area contributed by atoms with Crippen molar-refractivity contribution in [3.63, 3.8) is 0 Å². The molecule has 0 atom stereocenters. The summed E-state index contributed by atoms with van der Waals surface area (Å²) in [4.78, 5) is 32.5. The maximum Gasteiger partial charge on any atom is 0.330 e. The molecule has 146 valence electrons. The molecule has 1 aliphatic carbocycles. The van der Waals surface area contributed by atoms with Crippen LogP contribution in [-0.2, 0) is 7.05 Å². The van der Waals surface area contributed by atoms with Gasteiger partial charge < -0.3 is 16.2 Å². The number of aliphatic hydroxyl groups excluding tert-OH is 1. The number of aliphatic hydroxyl groups is 1. The standard InChI is InChI=1S/C18H19FN6O3/c1-8-3-11(15(20)27)12(19)6-13(8)22-17-21-7-14-16(23-17)25(18(28)24(14)2)9-4-10(26)5-9/h3,6-7,9-10,26H,4-5H2,1-2H3,(H2,20,27)(H,21,22,23)/t9-,10+. The molecule has 0 saturated heterocycles. The highest BCUT2D eigenvalue weighted by molar-refractivity contribution is 5.94. The fourth-order valence-corrected chi connectivity index (χ4v) is 3.42. The number of rotatable bonds is 4. The van der Waals surface area contributed by atoms with Crippen LogP contribution in [-0.4, -0.2) is 36.2 Å². The smallest absolute Gasteiger partial charge is 0.330 e. The second-order valence-electron chi connectivity index (χ2n) is 7.03. The van der Waals surface area contributed by atoms with Crippen LogP contribution in [0.25, 0.3) is 11.2 Å². The number of nitrogens with two attached hydrogens (primary N) is 1. The van der Waals surface area contributed by atoms with Crippen LogP contribution in [0.15, 0.2) is 23.1 Å². The summed E-state index contributed by atoms with van der Waals surface area (Å²) in [5.74, 6) is -1.41. The van der Waals surface area contributed by atoms with E-state index in [2.05, 4.69) is 15.3 Å². The minimum absolute atomic E-state index is 0.122. The fourth-order valence-electron chi connectivity index (χ4n) is 3.42. The molecule has 1 saturated carbocycles. The maximum atomic E-state index is 14.1. The molecule has 0 bridgehead atoms. The highest BCUT2D eigenvalue weighted by Crippen LogP contribution is 2.33. The van der Waals surface area contributed by atoms with Crippen molar-refractivity contribution in [2.45, 2.75) is 31.9 Å². The number of primary amides is 1. The van der Waals surface area contributed by atoms with Crippen molar-refractivity contribution in [2.75, 3.05) is 5.32 Å². The Morgan fingerprint density at radius 2 is 2.11 bits per heavy atom. The Balaban J connectivity index is 1.75. The van der Waals surface area contributed by atoms with Crippen LogP contribution in [0, 0.1) is 12.7 Å². The number of fused-ring (bicyclic) bond motifs is 1. The third kappa shape index (κ3) is 2.82. The fraction of sp³-hybridized carbons (Fsp3) is 0.333. The first-order valence-corrected chi connectivity index (χ1v) is 8.75. The summed E-state index contributed by atoms with van der Waals surface area (Å²) < 4.78 is 17.1. The SMILES string of the molecule is Cc1cc(C(N)=O)c(F)cc1Nc1ncc2c(n1)n([C@H]1C[C@@H](O)C1)c(=O)n2C. The third-order valence-corrected chi connectivity index (χ3v) is 5.11. The van der Waals surface area contributed by atoms with E-state index < -0.39 is 17.8 Å². The average Bonchev–Trinajstić information content (AvgIpc) is 2.85. The first-order valence-electron chi connectivity index (χ1n) is 8.75. The van der Waals surface area contributed by atoms with Crippen LogP contribution in [0.1, 0.15) is 34.8 Å². The summed E-state index contributed by atoms with van der Waals surface area (Å²) in [6.07, 6.45) is 2.08. The van der Waals surface area contributed by atoms with Gasteiger partial charge in [0.1, 0.15) is 11.3 Å². The lowest BCUT2D eigenvalue weighted by atomic mass is 9.89. The van der Waals surface area contributed by atoms with Gasteiger partial charge in [-0.1, -0.05) is 0 Å². The van der Waals surface area contributed by atoms with Gasteiger partial charge in [0.05, 0.1) is 17.9 Å². The van der Waals surface area contributed by atoms with Gasteiger partial charge in [-0.25, -0.2) is 14.2 Å². The molecule has 0 radical (unpaired) electrons. The number of benzene rings is 1. The van der Waals surface area contributed by atoms with Crippen molar-refractivity contribution in [1.29, 1.82) is 0 Å². The number of aryl methyl sites for hydroxylation is 2. The van der Waals surface area contributed by atoms with Crippen LogP contribution in [0.3, 0.4) is 0 Å². The molecule has 1 fully saturated rings. The Morgan fingerprint density at radius 3 is 2.75 bits per heavy atom. The van der Waals surface area contributed by atoms with Crippen molar-refractivity contribution in [2.24, 2.45) is 12.8 Å². The normalized spacial score (nSPS) is 18.9. The zero-order valence-electron chi connectivity index (χ0n) is 15.3. The van der Waals surface area contributed by atoms with Crippen LogP contribution >= 0.6 is 0 Å². The molecular formula is C18H19FN6O3. The summed E-state index contributed by atoms with van der Waals surface area (Å²) in [5, 5.41) is 12.5. The van der Waals surface area contributed by atoms with E-state index in [-0.39, 0.29) is 23.2 Å². The minimum Gasteiger partial charge on any atom is -0.393 e. The van der Waals surface area contributed by atoms with Gasteiger partial charge in [0.15, 0.2) is 5.65 Å². The van der Waals surface area contributed by atoms with Gasteiger partial charge in [0, 0.05) is 18.8 Å². The number of halogens is 1. The lowest BCUT2D eigenvalue weighted by Crippen LogP contribution is -2.37. The molecule has 10 heteroatoms. The lowest BCUT2D eigenvalue weighted by molar-refractivity contribution is 0.0484. The second-order valence-corrected chi connectivity index (χ2v) is 7.03. The average molecular weight is 386 g/mol. The van der Waals surface area contributed by atoms with E-state index in [1.807, 2.05) is 0 Å². The Bertz CT molecular complexity index is 1160. The summed E-state index contributed by atoms with van der Waals surface area (Å²) in [6.45, 7) is 1.70. The Hall–Kier alpha value is -3.27. The van der Waals surface area contributed by atoms with Gasteiger partial charge in [-0.3, -0.25) is 13.9 Å². The molecule has 2 heterocycles. The number of amides is 1. The topological polar surface area (TPSA) is 128 Å². The monoisotopic (exact) mass is 386 g/mol. The van der Waals surface area contributed by atoms with Crippen molar-refractivity contribution >= 4 is 28.7 Å². The molecule has 0 spiro atoms. The molecule has 4 rings (SSSR count). The van der Waals surface area contributed by atoms with E-state index in [0.717, 1.165) is 6.07 Å². The van der Waals surface area contributed by atoms with Crippen molar-refractivity contribution in [3.05, 3.63) is 45.8 Å². The number of carbonyl (C=O) groups excluding carboxylic acids is 1. The van der Waals surface area contributed by atoms with E-state index in [4.69, 9.17) is 5.73 Å². The molecule has 4 N–H and O–H groups in total. The maximum absolute atomic E-state index is 14.1. The molecule has 28 heavy (non-hydrogen) atoms. The Kier molecular flexibility index (Phi) is 4.15. The predicted molar refractivity (Wildman–Crippen MR) is 100.0 cm³/mol. The van der Waals surface area contributed by atoms with Crippen LogP contribution in [0.2, 0.25) is 0 Å². The highest BCUT2D eigenvalue weighted by atomic mass is 19.1. The molecule has 1 aromatic carbocycles. The Labute approximate surface area is 158 Å². The largest absolute Gasteiger partial charge is 0.393 e. The first kappa shape index (κ1) is 18.1. The molecule has 1 aliphatic rings. The highest BCUT2D eigenvalue weighted by Gasteiger charge is 2.32. The number of nitrogens with one attached hydrogen (secondary N) is 1. The zero-order valence-corrected chi connectivity index (χ0v) is 15.3. The molecule has 0 aliphatic heterocycles. The number of anilines is 2. The number of carbonyl (C=O) groups is 1. The van der Waals surface area contributed by atoms with E-state index in [0.29, 0.717) is 35.3 Å². The van der Waals surface area contributed by atoms with Crippen molar-refractivity contribution < 1.29 is 14.3 Å². The molecule has 1 amide bonds. The van der Waals surface area contributed by atoms with E-state index >= 15 is 0 Å². The third-order valence-electron chi connectivity index (χ3n) is 5.11. The van der Waals surface area contributed by atoms with Crippen molar-refractivity contribution in [3.8, 4) is 0 Å². The van der Waals surface area contributed by atoms with Crippen LogP contribution in [0.4, 0.5) is 16.0 Å². The molecule has 3 aromatic rings. The Morgan fingerprint density at radius 1 is 1.39 bits per heavy atom. The van der Waals surface area contributed by atoms with Crippen LogP contribution in [0.5, 0.6) is 0 Å². The van der Waals surface area contributed by atoms with Gasteiger partial charge in [0.25, 0.3) is 5.91 Å². The summed E-state index contributed by atoms with van der Waals surface area (Å²) in [7, 11) is 1.63. The summed E-state index contributed by atoms with van der Waals surface area (Å²) >= 11 is 0. The molecule has 0 unspecified atom stereocenters. The number of imidazole rings is 1. The molecule has 9 nitrogen and oxygen atoms in total. The number of hydrogen-bond donors (Lipinski definition) is 3. The van der Waals surface area contributed by atoms with Gasteiger partial charge in [-0.2, -0.15) is 4.98 Å². The first-order chi connectivity index (χ1) is 13.3. The van der Waals surface area contributed by atoms with Gasteiger partial charge in [-0.05, 0) is 37.5 Å². The quantitative estimate of drug-likeness (QED) is 0.616. The number of hydrogen-bond acceptors (Lipinski definition) is 6. The van der Waals surface area contributed by atoms with E-state index in [1.165, 1.54) is 16.8 Å².